The molecule has 1 aromatic carbocycles. The molecule has 3 fully saturated rings. The van der Waals surface area contributed by atoms with E-state index in [0.29, 0.717) is 23.4 Å². The van der Waals surface area contributed by atoms with Crippen LogP contribution in [0.25, 0.3) is 0 Å². The number of amides is 2. The van der Waals surface area contributed by atoms with Crippen molar-refractivity contribution in [3.63, 3.8) is 0 Å². The maximum absolute atomic E-state index is 13.0. The van der Waals surface area contributed by atoms with Gasteiger partial charge in [0.15, 0.2) is 0 Å². The Bertz CT molecular complexity index is 988. The summed E-state index contributed by atoms with van der Waals surface area (Å²) in [6.07, 6.45) is 7.39. The van der Waals surface area contributed by atoms with Crippen LogP contribution in [-0.4, -0.2) is 75.7 Å². The Kier molecular flexibility index (Phi) is 5.95. The van der Waals surface area contributed by atoms with E-state index >= 15 is 0 Å². The molecule has 170 valence electrons. The molecule has 1 aromatic heterocycles. The van der Waals surface area contributed by atoms with Crippen LogP contribution in [0.1, 0.15) is 41.6 Å². The molecule has 3 aliphatic rings. The highest BCUT2D eigenvalue weighted by molar-refractivity contribution is 6.31. The van der Waals surface area contributed by atoms with Crippen molar-refractivity contribution in [2.75, 3.05) is 33.2 Å². The van der Waals surface area contributed by atoms with Crippen molar-refractivity contribution >= 4 is 23.5 Å². The molecule has 3 atom stereocenters. The number of rotatable bonds is 4. The van der Waals surface area contributed by atoms with Gasteiger partial charge in [0.1, 0.15) is 0 Å². The molecule has 0 radical (unpaired) electrons. The lowest BCUT2D eigenvalue weighted by Crippen LogP contribution is -2.36. The van der Waals surface area contributed by atoms with Crippen molar-refractivity contribution in [2.45, 2.75) is 38.3 Å². The molecular formula is C24H30ClN5O2. The molecule has 3 heterocycles. The largest absolute Gasteiger partial charge is 0.344 e. The lowest BCUT2D eigenvalue weighted by Gasteiger charge is -2.26. The van der Waals surface area contributed by atoms with Crippen molar-refractivity contribution in [1.82, 2.24) is 24.5 Å². The van der Waals surface area contributed by atoms with Gasteiger partial charge < -0.3 is 9.80 Å². The summed E-state index contributed by atoms with van der Waals surface area (Å²) in [4.78, 5) is 31.7. The van der Waals surface area contributed by atoms with Crippen LogP contribution in [0.2, 0.25) is 5.02 Å². The molecule has 2 aromatic rings. The Balaban J connectivity index is 1.16. The van der Waals surface area contributed by atoms with E-state index in [1.807, 2.05) is 28.0 Å². The standard InChI is InChI=1S/C24H30ClN5O2/c1-27(13-17-6-2-3-7-22(17)25)21-10-18-14-29(15-19(18)11-21)24(32)30-16-20(12-26-30)23(31)28-8-4-5-9-28/h2-3,6-7,12,16,18-19,21H,4-5,8-11,13-15H2,1H3/t18-,19+,21-. The van der Waals surface area contributed by atoms with Gasteiger partial charge in [-0.2, -0.15) is 9.78 Å². The first-order valence-electron chi connectivity index (χ1n) is 11.6. The van der Waals surface area contributed by atoms with E-state index in [1.54, 1.807) is 6.20 Å². The van der Waals surface area contributed by atoms with Crippen LogP contribution in [0.3, 0.4) is 0 Å². The summed E-state index contributed by atoms with van der Waals surface area (Å²) in [6.45, 7) is 3.94. The van der Waals surface area contributed by atoms with Gasteiger partial charge in [-0.1, -0.05) is 29.8 Å². The topological polar surface area (TPSA) is 61.7 Å². The van der Waals surface area contributed by atoms with Crippen LogP contribution < -0.4 is 0 Å². The fraction of sp³-hybridized carbons (Fsp3) is 0.542. The second kappa shape index (κ2) is 8.87. The molecule has 1 saturated carbocycles. The number of carbonyl (C=O) groups is 2. The minimum atomic E-state index is -0.124. The van der Waals surface area contributed by atoms with E-state index in [4.69, 9.17) is 11.6 Å². The molecule has 2 amide bonds. The number of halogens is 1. The molecule has 0 bridgehead atoms. The van der Waals surface area contributed by atoms with Crippen molar-refractivity contribution < 1.29 is 9.59 Å². The summed E-state index contributed by atoms with van der Waals surface area (Å²) < 4.78 is 1.34. The van der Waals surface area contributed by atoms with Crippen LogP contribution in [0, 0.1) is 11.8 Å². The molecule has 32 heavy (non-hydrogen) atoms. The molecule has 5 rings (SSSR count). The third-order valence-electron chi connectivity index (χ3n) is 7.42. The van der Waals surface area contributed by atoms with E-state index in [2.05, 4.69) is 23.1 Å². The van der Waals surface area contributed by atoms with Gasteiger partial charge in [-0.15, -0.1) is 0 Å². The monoisotopic (exact) mass is 455 g/mol. The van der Waals surface area contributed by atoms with Gasteiger partial charge in [0, 0.05) is 50.0 Å². The van der Waals surface area contributed by atoms with E-state index in [9.17, 15) is 9.59 Å². The van der Waals surface area contributed by atoms with Crippen LogP contribution in [-0.2, 0) is 6.54 Å². The average molecular weight is 456 g/mol. The highest BCUT2D eigenvalue weighted by atomic mass is 35.5. The van der Waals surface area contributed by atoms with Gasteiger partial charge in [-0.05, 0) is 56.2 Å². The first-order valence-corrected chi connectivity index (χ1v) is 11.9. The zero-order chi connectivity index (χ0) is 22.2. The second-order valence-electron chi connectivity index (χ2n) is 9.51. The number of carbonyl (C=O) groups excluding carboxylic acids is 2. The van der Waals surface area contributed by atoms with Gasteiger partial charge in [0.25, 0.3) is 5.91 Å². The van der Waals surface area contributed by atoms with Crippen molar-refractivity contribution in [2.24, 2.45) is 11.8 Å². The smallest absolute Gasteiger partial charge is 0.339 e. The number of likely N-dealkylation sites (tertiary alicyclic amines) is 2. The summed E-state index contributed by atoms with van der Waals surface area (Å²) in [5.41, 5.74) is 1.66. The molecule has 2 saturated heterocycles. The SMILES string of the molecule is CN(Cc1ccccc1Cl)[C@@H]1C[C@@H]2CN(C(=O)n3cc(C(=O)N4CCCC4)cn3)C[C@@H]2C1. The summed E-state index contributed by atoms with van der Waals surface area (Å²) in [7, 11) is 2.17. The average Bonchev–Trinajstić information content (AvgIpc) is 3.58. The Labute approximate surface area is 193 Å². The Morgan fingerprint density at radius 1 is 1.09 bits per heavy atom. The first kappa shape index (κ1) is 21.5. The normalized spacial score (nSPS) is 25.0. The summed E-state index contributed by atoms with van der Waals surface area (Å²) >= 11 is 6.34. The Hall–Kier alpha value is -2.38. The number of fused-ring (bicyclic) bond motifs is 1. The van der Waals surface area contributed by atoms with Crippen LogP contribution in [0.15, 0.2) is 36.7 Å². The predicted molar refractivity (Wildman–Crippen MR) is 123 cm³/mol. The zero-order valence-electron chi connectivity index (χ0n) is 18.5. The quantitative estimate of drug-likeness (QED) is 0.707. The van der Waals surface area contributed by atoms with Crippen molar-refractivity contribution in [3.05, 3.63) is 52.8 Å². The third-order valence-corrected chi connectivity index (χ3v) is 7.79. The number of nitrogens with zero attached hydrogens (tertiary/aromatic N) is 5. The van der Waals surface area contributed by atoms with Crippen molar-refractivity contribution in [1.29, 1.82) is 0 Å². The zero-order valence-corrected chi connectivity index (χ0v) is 19.2. The van der Waals surface area contributed by atoms with Crippen LogP contribution in [0.4, 0.5) is 4.79 Å². The molecule has 7 nitrogen and oxygen atoms in total. The molecule has 0 spiro atoms. The number of hydrogen-bond acceptors (Lipinski definition) is 4. The number of hydrogen-bond donors (Lipinski definition) is 0. The molecule has 1 aliphatic carbocycles. The number of aromatic nitrogens is 2. The predicted octanol–water partition coefficient (Wildman–Crippen LogP) is 3.58. The lowest BCUT2D eigenvalue weighted by atomic mass is 10.0. The highest BCUT2D eigenvalue weighted by Gasteiger charge is 2.43. The van der Waals surface area contributed by atoms with E-state index in [1.165, 1.54) is 10.9 Å². The summed E-state index contributed by atoms with van der Waals surface area (Å²) in [5, 5.41) is 5.02. The van der Waals surface area contributed by atoms with Gasteiger partial charge in [-0.25, -0.2) is 4.79 Å². The van der Waals surface area contributed by atoms with E-state index in [0.717, 1.165) is 69.0 Å². The minimum absolute atomic E-state index is 0.0239. The van der Waals surface area contributed by atoms with Crippen LogP contribution in [0.5, 0.6) is 0 Å². The van der Waals surface area contributed by atoms with Gasteiger partial charge in [-0.3, -0.25) is 9.69 Å². The third kappa shape index (κ3) is 4.16. The highest BCUT2D eigenvalue weighted by Crippen LogP contribution is 2.40. The lowest BCUT2D eigenvalue weighted by molar-refractivity contribution is 0.0793. The molecular weight excluding hydrogens is 426 g/mol. The molecule has 0 N–H and O–H groups in total. The Morgan fingerprint density at radius 2 is 1.78 bits per heavy atom. The van der Waals surface area contributed by atoms with Gasteiger partial charge >= 0.3 is 6.03 Å². The van der Waals surface area contributed by atoms with Gasteiger partial charge in [0.2, 0.25) is 0 Å². The fourth-order valence-corrected chi connectivity index (χ4v) is 5.79. The first-order chi connectivity index (χ1) is 15.5. The molecule has 2 aliphatic heterocycles. The molecule has 8 heteroatoms. The maximum atomic E-state index is 13.0. The van der Waals surface area contributed by atoms with Crippen LogP contribution >= 0.6 is 11.6 Å². The molecule has 0 unspecified atom stereocenters. The van der Waals surface area contributed by atoms with E-state index in [-0.39, 0.29) is 11.9 Å². The van der Waals surface area contributed by atoms with E-state index < -0.39 is 0 Å². The van der Waals surface area contributed by atoms with Crippen molar-refractivity contribution in [3.8, 4) is 0 Å². The summed E-state index contributed by atoms with van der Waals surface area (Å²) in [5.74, 6) is 1.00. The minimum Gasteiger partial charge on any atom is -0.339 e. The maximum Gasteiger partial charge on any atom is 0.344 e. The Morgan fingerprint density at radius 3 is 2.47 bits per heavy atom. The number of benzene rings is 1. The van der Waals surface area contributed by atoms with Gasteiger partial charge in [0.05, 0.1) is 11.8 Å². The second-order valence-corrected chi connectivity index (χ2v) is 9.92. The summed E-state index contributed by atoms with van der Waals surface area (Å²) in [6, 6.07) is 8.40. The fourth-order valence-electron chi connectivity index (χ4n) is 5.59.